The zero-order valence-electron chi connectivity index (χ0n) is 19.1. The molecule has 0 spiro atoms. The van der Waals surface area contributed by atoms with Gasteiger partial charge in [-0.1, -0.05) is 18.2 Å². The molecule has 4 heterocycles. The lowest BCUT2D eigenvalue weighted by Crippen LogP contribution is -2.50. The highest BCUT2D eigenvalue weighted by Crippen LogP contribution is 2.36. The number of aryl methyl sites for hydroxylation is 1. The fourth-order valence-corrected chi connectivity index (χ4v) is 5.75. The van der Waals surface area contributed by atoms with Crippen molar-refractivity contribution in [1.82, 2.24) is 14.8 Å². The van der Waals surface area contributed by atoms with Crippen LogP contribution in [0.2, 0.25) is 0 Å². The number of hydrogen-bond acceptors (Lipinski definition) is 7. The number of fused-ring (bicyclic) bond motifs is 2. The third-order valence-corrected chi connectivity index (χ3v) is 7.73. The van der Waals surface area contributed by atoms with E-state index in [0.29, 0.717) is 6.54 Å². The third kappa shape index (κ3) is 4.41. The van der Waals surface area contributed by atoms with Gasteiger partial charge in [-0.25, -0.2) is 4.98 Å². The van der Waals surface area contributed by atoms with Crippen LogP contribution in [0.15, 0.2) is 47.8 Å². The number of carbonyl (C=O) groups excluding carboxylic acids is 1. The van der Waals surface area contributed by atoms with Gasteiger partial charge in [0.15, 0.2) is 11.5 Å². The number of rotatable bonds is 5. The summed E-state index contributed by atoms with van der Waals surface area (Å²) in [7, 11) is 0. The van der Waals surface area contributed by atoms with E-state index in [4.69, 9.17) is 14.5 Å². The summed E-state index contributed by atoms with van der Waals surface area (Å²) < 4.78 is 10.9. The highest BCUT2D eigenvalue weighted by Gasteiger charge is 2.26. The smallest absolute Gasteiger partial charge is 0.241 e. The Morgan fingerprint density at radius 3 is 2.71 bits per heavy atom. The van der Waals surface area contributed by atoms with Gasteiger partial charge in [0.2, 0.25) is 12.7 Å². The van der Waals surface area contributed by atoms with Gasteiger partial charge in [-0.2, -0.15) is 0 Å². The van der Waals surface area contributed by atoms with Crippen LogP contribution in [-0.4, -0.2) is 66.8 Å². The van der Waals surface area contributed by atoms with Crippen LogP contribution in [0.1, 0.15) is 17.7 Å². The number of para-hydroxylation sites is 1. The Hall–Kier alpha value is -2.94. The number of ether oxygens (including phenoxy) is 2. The lowest BCUT2D eigenvalue weighted by molar-refractivity contribution is -0.120. The average Bonchev–Trinajstić information content (AvgIpc) is 3.54. The van der Waals surface area contributed by atoms with E-state index in [-0.39, 0.29) is 12.7 Å². The average molecular weight is 477 g/mol. The Bertz CT molecular complexity index is 1190. The minimum Gasteiger partial charge on any atom is -0.454 e. The molecule has 1 fully saturated rings. The second kappa shape index (κ2) is 9.37. The molecule has 2 aromatic carbocycles. The molecular weight excluding hydrogens is 448 g/mol. The van der Waals surface area contributed by atoms with E-state index < -0.39 is 0 Å². The molecule has 3 aromatic rings. The van der Waals surface area contributed by atoms with E-state index in [9.17, 15) is 4.79 Å². The number of amides is 1. The van der Waals surface area contributed by atoms with Gasteiger partial charge in [0.25, 0.3) is 0 Å². The van der Waals surface area contributed by atoms with Gasteiger partial charge in [-0.15, -0.1) is 11.3 Å². The van der Waals surface area contributed by atoms with Crippen LogP contribution in [0, 0.1) is 0 Å². The number of aromatic nitrogens is 1. The minimum atomic E-state index is 0.216. The first-order valence-electron chi connectivity index (χ1n) is 11.9. The molecule has 0 radical (unpaired) electrons. The maximum Gasteiger partial charge on any atom is 0.241 e. The number of nitrogens with zero attached hydrogens (tertiary/aromatic N) is 4. The lowest BCUT2D eigenvalue weighted by Gasteiger charge is -2.36. The summed E-state index contributed by atoms with van der Waals surface area (Å²) >= 11 is 1.66. The van der Waals surface area contributed by atoms with Gasteiger partial charge < -0.3 is 14.4 Å². The zero-order valence-corrected chi connectivity index (χ0v) is 19.9. The number of carbonyl (C=O) groups is 1. The first-order chi connectivity index (χ1) is 16.7. The fraction of sp³-hybridized carbons (Fsp3) is 0.385. The Balaban J connectivity index is 1.02. The SMILES string of the molecule is O=C(CN1CCN(Cc2csc(-c3ccc4c(c3)OCO4)n2)CC1)N1CCCc2ccccc21. The molecule has 0 unspecified atom stereocenters. The van der Waals surface area contributed by atoms with Crippen molar-refractivity contribution in [3.8, 4) is 22.1 Å². The molecule has 3 aliphatic heterocycles. The van der Waals surface area contributed by atoms with Crippen LogP contribution >= 0.6 is 11.3 Å². The number of thiazole rings is 1. The first kappa shape index (κ1) is 21.6. The Kier molecular flexibility index (Phi) is 5.95. The largest absolute Gasteiger partial charge is 0.454 e. The summed E-state index contributed by atoms with van der Waals surface area (Å²) in [5, 5.41) is 3.14. The molecule has 0 bridgehead atoms. The lowest BCUT2D eigenvalue weighted by atomic mass is 10.0. The van der Waals surface area contributed by atoms with Crippen LogP contribution < -0.4 is 14.4 Å². The summed E-state index contributed by atoms with van der Waals surface area (Å²) in [5.74, 6) is 1.79. The van der Waals surface area contributed by atoms with Crippen molar-refractivity contribution in [2.24, 2.45) is 0 Å². The van der Waals surface area contributed by atoms with Crippen molar-refractivity contribution in [2.75, 3.05) is 51.0 Å². The highest BCUT2D eigenvalue weighted by atomic mass is 32.1. The van der Waals surface area contributed by atoms with Gasteiger partial charge in [0, 0.05) is 55.9 Å². The Labute approximate surface area is 203 Å². The standard InChI is InChI=1S/C26H28N4O3S/c31-25(30-9-3-5-19-4-1-2-6-22(19)30)16-29-12-10-28(11-13-29)15-21-17-34-26(27-21)20-7-8-23-24(14-20)33-18-32-23/h1-2,4,6-8,14,17H,3,5,9-13,15-16,18H2. The van der Waals surface area contributed by atoms with Crippen molar-refractivity contribution >= 4 is 22.9 Å². The predicted molar refractivity (Wildman–Crippen MR) is 133 cm³/mol. The molecule has 1 aromatic heterocycles. The Morgan fingerprint density at radius 1 is 0.971 bits per heavy atom. The number of hydrogen-bond donors (Lipinski definition) is 0. The summed E-state index contributed by atoms with van der Waals surface area (Å²) in [6, 6.07) is 14.3. The van der Waals surface area contributed by atoms with Crippen LogP contribution in [0.3, 0.4) is 0 Å². The molecule has 0 N–H and O–H groups in total. The van der Waals surface area contributed by atoms with Crippen LogP contribution in [0.4, 0.5) is 5.69 Å². The second-order valence-electron chi connectivity index (χ2n) is 9.04. The molecule has 3 aliphatic rings. The van der Waals surface area contributed by atoms with E-state index in [1.807, 2.05) is 29.2 Å². The molecule has 176 valence electrons. The van der Waals surface area contributed by atoms with Gasteiger partial charge in [-0.05, 0) is 42.7 Å². The van der Waals surface area contributed by atoms with Crippen molar-refractivity contribution in [2.45, 2.75) is 19.4 Å². The van der Waals surface area contributed by atoms with Gasteiger partial charge in [0.1, 0.15) is 5.01 Å². The molecule has 8 heteroatoms. The van der Waals surface area contributed by atoms with Crippen LogP contribution in [0.5, 0.6) is 11.5 Å². The van der Waals surface area contributed by atoms with E-state index in [0.717, 1.165) is 85.6 Å². The van der Waals surface area contributed by atoms with Crippen molar-refractivity contribution in [3.05, 3.63) is 59.1 Å². The van der Waals surface area contributed by atoms with E-state index in [1.54, 1.807) is 11.3 Å². The highest BCUT2D eigenvalue weighted by molar-refractivity contribution is 7.13. The molecule has 0 saturated carbocycles. The molecule has 6 rings (SSSR count). The van der Waals surface area contributed by atoms with Gasteiger partial charge >= 0.3 is 0 Å². The summed E-state index contributed by atoms with van der Waals surface area (Å²) in [6.07, 6.45) is 2.10. The number of benzene rings is 2. The summed E-state index contributed by atoms with van der Waals surface area (Å²) in [4.78, 5) is 24.6. The quantitative estimate of drug-likeness (QED) is 0.561. The molecule has 0 atom stereocenters. The molecular formula is C26H28N4O3S. The minimum absolute atomic E-state index is 0.216. The Morgan fingerprint density at radius 2 is 1.79 bits per heavy atom. The van der Waals surface area contributed by atoms with Crippen molar-refractivity contribution < 1.29 is 14.3 Å². The normalized spacial score (nSPS) is 18.2. The van der Waals surface area contributed by atoms with E-state index in [1.165, 1.54) is 5.56 Å². The molecule has 7 nitrogen and oxygen atoms in total. The monoisotopic (exact) mass is 476 g/mol. The van der Waals surface area contributed by atoms with Gasteiger partial charge in [-0.3, -0.25) is 14.6 Å². The summed E-state index contributed by atoms with van der Waals surface area (Å²) in [5.41, 5.74) is 4.53. The van der Waals surface area contributed by atoms with Gasteiger partial charge in [0.05, 0.1) is 12.2 Å². The third-order valence-electron chi connectivity index (χ3n) is 6.79. The van der Waals surface area contributed by atoms with Crippen LogP contribution in [-0.2, 0) is 17.8 Å². The summed E-state index contributed by atoms with van der Waals surface area (Å²) in [6.45, 7) is 6.13. The maximum atomic E-state index is 13.1. The number of piperazine rings is 1. The molecule has 0 aliphatic carbocycles. The predicted octanol–water partition coefficient (Wildman–Crippen LogP) is 3.64. The topological polar surface area (TPSA) is 58.1 Å². The van der Waals surface area contributed by atoms with Crippen molar-refractivity contribution in [1.29, 1.82) is 0 Å². The fourth-order valence-electron chi connectivity index (χ4n) is 4.95. The second-order valence-corrected chi connectivity index (χ2v) is 9.90. The molecule has 34 heavy (non-hydrogen) atoms. The van der Waals surface area contributed by atoms with E-state index in [2.05, 4.69) is 33.4 Å². The molecule has 1 saturated heterocycles. The zero-order chi connectivity index (χ0) is 22.9. The first-order valence-corrected chi connectivity index (χ1v) is 12.8. The van der Waals surface area contributed by atoms with Crippen LogP contribution in [0.25, 0.3) is 10.6 Å². The van der Waals surface area contributed by atoms with E-state index >= 15 is 0 Å². The number of anilines is 1. The molecule has 1 amide bonds. The maximum absolute atomic E-state index is 13.1. The van der Waals surface area contributed by atoms with Crippen molar-refractivity contribution in [3.63, 3.8) is 0 Å².